The predicted molar refractivity (Wildman–Crippen MR) is 71.1 cm³/mol. The number of carbonyl (C=O) groups excluding carboxylic acids is 1. The minimum atomic E-state index is -0.136. The van der Waals surface area contributed by atoms with Crippen LogP contribution in [0.4, 0.5) is 0 Å². The SMILES string of the molecule is CCC(C)n1c2c(cc(C=O)c1=O)CN(C)CC2. The second-order valence-corrected chi connectivity index (χ2v) is 5.11. The van der Waals surface area contributed by atoms with Crippen molar-refractivity contribution in [1.29, 1.82) is 0 Å². The smallest absolute Gasteiger partial charge is 0.261 e. The molecule has 98 valence electrons. The third kappa shape index (κ3) is 2.12. The van der Waals surface area contributed by atoms with Crippen LogP contribution < -0.4 is 5.56 Å². The van der Waals surface area contributed by atoms with Gasteiger partial charge in [0.15, 0.2) is 6.29 Å². The van der Waals surface area contributed by atoms with Crippen molar-refractivity contribution >= 4 is 6.29 Å². The van der Waals surface area contributed by atoms with Crippen molar-refractivity contribution in [2.75, 3.05) is 13.6 Å². The van der Waals surface area contributed by atoms with Crippen LogP contribution in [0, 0.1) is 0 Å². The Balaban J connectivity index is 2.65. The fourth-order valence-electron chi connectivity index (χ4n) is 2.57. The van der Waals surface area contributed by atoms with Crippen molar-refractivity contribution in [2.45, 2.75) is 39.3 Å². The fraction of sp³-hybridized carbons (Fsp3) is 0.571. The number of carbonyl (C=O) groups is 1. The van der Waals surface area contributed by atoms with Gasteiger partial charge in [-0.2, -0.15) is 0 Å². The van der Waals surface area contributed by atoms with Gasteiger partial charge in [0, 0.05) is 31.2 Å². The Morgan fingerprint density at radius 3 is 2.83 bits per heavy atom. The van der Waals surface area contributed by atoms with E-state index in [9.17, 15) is 9.59 Å². The molecule has 0 N–H and O–H groups in total. The number of nitrogens with zero attached hydrogens (tertiary/aromatic N) is 2. The highest BCUT2D eigenvalue weighted by Crippen LogP contribution is 2.21. The second-order valence-electron chi connectivity index (χ2n) is 5.11. The Hall–Kier alpha value is -1.42. The summed E-state index contributed by atoms with van der Waals surface area (Å²) in [4.78, 5) is 25.5. The van der Waals surface area contributed by atoms with Gasteiger partial charge >= 0.3 is 0 Å². The maximum atomic E-state index is 12.3. The summed E-state index contributed by atoms with van der Waals surface area (Å²) in [5.41, 5.74) is 2.37. The van der Waals surface area contributed by atoms with Gasteiger partial charge in [0.1, 0.15) is 0 Å². The van der Waals surface area contributed by atoms with Crippen LogP contribution in [-0.2, 0) is 13.0 Å². The topological polar surface area (TPSA) is 42.3 Å². The molecule has 1 aliphatic heterocycles. The highest BCUT2D eigenvalue weighted by Gasteiger charge is 2.21. The van der Waals surface area contributed by atoms with Crippen LogP contribution >= 0.6 is 0 Å². The van der Waals surface area contributed by atoms with E-state index in [-0.39, 0.29) is 17.2 Å². The molecule has 0 saturated heterocycles. The molecule has 1 atom stereocenters. The summed E-state index contributed by atoms with van der Waals surface area (Å²) < 4.78 is 1.83. The standard InChI is InChI=1S/C14H20N2O2/c1-4-10(2)16-13-5-6-15(3)8-11(13)7-12(9-17)14(16)18/h7,9-10H,4-6,8H2,1-3H3. The number of fused-ring (bicyclic) bond motifs is 1. The zero-order valence-corrected chi connectivity index (χ0v) is 11.3. The molecule has 1 unspecified atom stereocenters. The first-order valence-corrected chi connectivity index (χ1v) is 6.49. The summed E-state index contributed by atoms with van der Waals surface area (Å²) >= 11 is 0. The first-order chi connectivity index (χ1) is 8.58. The number of rotatable bonds is 3. The number of aromatic nitrogens is 1. The minimum Gasteiger partial charge on any atom is -0.309 e. The second kappa shape index (κ2) is 5.06. The molecule has 0 saturated carbocycles. The van der Waals surface area contributed by atoms with Crippen LogP contribution in [0.2, 0.25) is 0 Å². The maximum Gasteiger partial charge on any atom is 0.261 e. The van der Waals surface area contributed by atoms with E-state index in [2.05, 4.69) is 18.9 Å². The number of aldehydes is 1. The van der Waals surface area contributed by atoms with Crippen molar-refractivity contribution < 1.29 is 4.79 Å². The number of hydrogen-bond donors (Lipinski definition) is 0. The number of pyridine rings is 1. The lowest BCUT2D eigenvalue weighted by molar-refractivity contribution is 0.112. The van der Waals surface area contributed by atoms with E-state index in [1.807, 2.05) is 11.5 Å². The number of hydrogen-bond acceptors (Lipinski definition) is 3. The Labute approximate surface area is 107 Å². The molecule has 18 heavy (non-hydrogen) atoms. The van der Waals surface area contributed by atoms with Crippen LogP contribution in [0.15, 0.2) is 10.9 Å². The van der Waals surface area contributed by atoms with E-state index < -0.39 is 0 Å². The summed E-state index contributed by atoms with van der Waals surface area (Å²) in [7, 11) is 2.06. The lowest BCUT2D eigenvalue weighted by atomic mass is 10.0. The first-order valence-electron chi connectivity index (χ1n) is 6.49. The summed E-state index contributed by atoms with van der Waals surface area (Å²) in [6, 6.07) is 1.91. The largest absolute Gasteiger partial charge is 0.309 e. The molecule has 0 radical (unpaired) electrons. The lowest BCUT2D eigenvalue weighted by Crippen LogP contribution is -2.36. The molecule has 4 heteroatoms. The third-order valence-electron chi connectivity index (χ3n) is 3.79. The van der Waals surface area contributed by atoms with Crippen LogP contribution in [-0.4, -0.2) is 29.3 Å². The van der Waals surface area contributed by atoms with Crippen molar-refractivity contribution in [3.05, 3.63) is 33.2 Å². The van der Waals surface area contributed by atoms with Gasteiger partial charge in [0.25, 0.3) is 5.56 Å². The van der Waals surface area contributed by atoms with Gasteiger partial charge in [-0.05, 0) is 32.0 Å². The number of likely N-dealkylation sites (N-methyl/N-ethyl adjacent to an activating group) is 1. The van der Waals surface area contributed by atoms with E-state index in [1.54, 1.807) is 6.07 Å². The predicted octanol–water partition coefficient (Wildman–Crippen LogP) is 1.62. The van der Waals surface area contributed by atoms with Gasteiger partial charge in [-0.25, -0.2) is 0 Å². The Kier molecular flexibility index (Phi) is 3.66. The highest BCUT2D eigenvalue weighted by atomic mass is 16.1. The third-order valence-corrected chi connectivity index (χ3v) is 3.79. The summed E-state index contributed by atoms with van der Waals surface area (Å²) in [6.45, 7) is 5.87. The quantitative estimate of drug-likeness (QED) is 0.763. The van der Waals surface area contributed by atoms with Gasteiger partial charge in [-0.3, -0.25) is 9.59 Å². The molecular weight excluding hydrogens is 228 g/mol. The molecule has 0 aromatic carbocycles. The minimum absolute atomic E-state index is 0.136. The van der Waals surface area contributed by atoms with Gasteiger partial charge in [0.05, 0.1) is 5.56 Å². The highest BCUT2D eigenvalue weighted by molar-refractivity contribution is 5.74. The van der Waals surface area contributed by atoms with Crippen molar-refractivity contribution in [3.8, 4) is 0 Å². The molecule has 2 heterocycles. The molecule has 0 spiro atoms. The maximum absolute atomic E-state index is 12.3. The zero-order valence-electron chi connectivity index (χ0n) is 11.3. The summed E-state index contributed by atoms with van der Waals surface area (Å²) in [5, 5.41) is 0. The molecule has 4 nitrogen and oxygen atoms in total. The van der Waals surface area contributed by atoms with Crippen LogP contribution in [0.5, 0.6) is 0 Å². The summed E-state index contributed by atoms with van der Waals surface area (Å²) in [6.07, 6.45) is 2.45. The van der Waals surface area contributed by atoms with Gasteiger partial charge in [0.2, 0.25) is 0 Å². The van der Waals surface area contributed by atoms with Crippen LogP contribution in [0.25, 0.3) is 0 Å². The van der Waals surface area contributed by atoms with E-state index in [0.29, 0.717) is 6.29 Å². The van der Waals surface area contributed by atoms with E-state index in [4.69, 9.17) is 0 Å². The molecule has 2 rings (SSSR count). The molecule has 0 aliphatic carbocycles. The molecule has 1 aliphatic rings. The average Bonchev–Trinajstić information content (AvgIpc) is 2.37. The first kappa shape index (κ1) is 13.0. The normalized spacial score (nSPS) is 17.3. The van der Waals surface area contributed by atoms with E-state index >= 15 is 0 Å². The molecule has 1 aromatic rings. The molecule has 1 aromatic heterocycles. The Morgan fingerprint density at radius 1 is 1.50 bits per heavy atom. The zero-order chi connectivity index (χ0) is 13.3. The van der Waals surface area contributed by atoms with Crippen molar-refractivity contribution in [1.82, 2.24) is 9.47 Å². The van der Waals surface area contributed by atoms with Gasteiger partial charge < -0.3 is 9.47 Å². The fourth-order valence-corrected chi connectivity index (χ4v) is 2.57. The molecule has 0 fully saturated rings. The van der Waals surface area contributed by atoms with Gasteiger partial charge in [-0.1, -0.05) is 6.92 Å². The van der Waals surface area contributed by atoms with Crippen molar-refractivity contribution in [3.63, 3.8) is 0 Å². The van der Waals surface area contributed by atoms with Gasteiger partial charge in [-0.15, -0.1) is 0 Å². The molecular formula is C14H20N2O2. The average molecular weight is 248 g/mol. The Bertz CT molecular complexity index is 519. The molecule has 0 amide bonds. The van der Waals surface area contributed by atoms with E-state index in [0.717, 1.165) is 37.2 Å². The van der Waals surface area contributed by atoms with Crippen LogP contribution in [0.1, 0.15) is 47.9 Å². The van der Waals surface area contributed by atoms with Crippen molar-refractivity contribution in [2.24, 2.45) is 0 Å². The molecule has 0 bridgehead atoms. The summed E-state index contributed by atoms with van der Waals surface area (Å²) in [5.74, 6) is 0. The lowest BCUT2D eigenvalue weighted by Gasteiger charge is -2.29. The Morgan fingerprint density at radius 2 is 2.22 bits per heavy atom. The van der Waals surface area contributed by atoms with E-state index in [1.165, 1.54) is 0 Å². The van der Waals surface area contributed by atoms with Crippen LogP contribution in [0.3, 0.4) is 0 Å². The monoisotopic (exact) mass is 248 g/mol.